The highest BCUT2D eigenvalue weighted by Crippen LogP contribution is 2.05. The Morgan fingerprint density at radius 2 is 1.13 bits per heavy atom. The molecule has 0 unspecified atom stereocenters. The first-order valence-corrected chi connectivity index (χ1v) is 4.57. The van der Waals surface area contributed by atoms with Crippen LogP contribution in [0.15, 0.2) is 14.4 Å². The Kier molecular flexibility index (Phi) is 2.46. The van der Waals surface area contributed by atoms with E-state index in [0.717, 1.165) is 13.7 Å². The van der Waals surface area contributed by atoms with Gasteiger partial charge in [0.1, 0.15) is 0 Å². The minimum absolute atomic E-state index is 0.587. The van der Waals surface area contributed by atoms with Crippen molar-refractivity contribution in [2.24, 2.45) is 14.1 Å². The van der Waals surface area contributed by atoms with Gasteiger partial charge in [-0.1, -0.05) is 0 Å². The molecule has 84 valence electrons. The van der Waals surface area contributed by atoms with Gasteiger partial charge in [0, 0.05) is 19.6 Å². The van der Waals surface area contributed by atoms with E-state index in [4.69, 9.17) is 0 Å². The van der Waals surface area contributed by atoms with Crippen molar-refractivity contribution in [3.05, 3.63) is 31.5 Å². The molecule has 1 heterocycles. The van der Waals surface area contributed by atoms with Gasteiger partial charge in [-0.15, -0.1) is 0 Å². The molecule has 0 saturated heterocycles. The van der Waals surface area contributed by atoms with E-state index in [-0.39, 0.29) is 0 Å². The summed E-state index contributed by atoms with van der Waals surface area (Å²) < 4.78 is 2.91. The number of aromatic nitrogens is 3. The summed E-state index contributed by atoms with van der Waals surface area (Å²) in [5.74, 6) is 0. The van der Waals surface area contributed by atoms with Crippen LogP contribution in [0.1, 0.15) is 20.8 Å². The van der Waals surface area contributed by atoms with Gasteiger partial charge in [0.25, 0.3) is 0 Å². The van der Waals surface area contributed by atoms with Gasteiger partial charge in [-0.25, -0.2) is 28.1 Å². The molecule has 1 aromatic rings. The van der Waals surface area contributed by atoms with Gasteiger partial charge in [0.05, 0.1) is 0 Å². The van der Waals surface area contributed by atoms with Crippen LogP contribution in [0.4, 0.5) is 0 Å². The summed E-state index contributed by atoms with van der Waals surface area (Å²) in [5.41, 5.74) is -2.42. The largest absolute Gasteiger partial charge is 0.336 e. The summed E-state index contributed by atoms with van der Waals surface area (Å²) in [6.07, 6.45) is 0. The van der Waals surface area contributed by atoms with Gasteiger partial charge >= 0.3 is 17.1 Å². The zero-order chi connectivity index (χ0) is 12.0. The van der Waals surface area contributed by atoms with Crippen molar-refractivity contribution >= 4 is 0 Å². The summed E-state index contributed by atoms with van der Waals surface area (Å²) in [7, 11) is 2.71. The lowest BCUT2D eigenvalue weighted by Crippen LogP contribution is -2.56. The van der Waals surface area contributed by atoms with Gasteiger partial charge < -0.3 is 0 Å². The van der Waals surface area contributed by atoms with E-state index >= 15 is 0 Å². The summed E-state index contributed by atoms with van der Waals surface area (Å²) in [5, 5.41) is 0. The quantitative estimate of drug-likeness (QED) is 0.555. The highest BCUT2D eigenvalue weighted by molar-refractivity contribution is 4.83. The fraction of sp³-hybridized carbons (Fsp3) is 0.667. The fourth-order valence-corrected chi connectivity index (χ4v) is 1.34. The van der Waals surface area contributed by atoms with E-state index in [1.165, 1.54) is 14.1 Å². The molecule has 0 N–H and O–H groups in total. The minimum Gasteiger partial charge on any atom is -0.248 e. The van der Waals surface area contributed by atoms with Gasteiger partial charge in [0.2, 0.25) is 0 Å². The molecule has 0 fully saturated rings. The van der Waals surface area contributed by atoms with Crippen LogP contribution in [0.2, 0.25) is 0 Å². The maximum Gasteiger partial charge on any atom is 0.336 e. The molecule has 0 amide bonds. The summed E-state index contributed by atoms with van der Waals surface area (Å²) in [6, 6.07) is 0. The standard InChI is InChI=1S/C9H15N3O3/c1-9(2,3)12-7(14)10(4)6(13)11(5)8(12)15/h1-5H3. The zero-order valence-corrected chi connectivity index (χ0v) is 9.57. The van der Waals surface area contributed by atoms with Crippen LogP contribution in [0, 0.1) is 0 Å². The SMILES string of the molecule is Cn1c(=O)n(C)c(=O)n(C(C)(C)C)c1=O. The molecule has 0 aromatic carbocycles. The molecule has 0 aliphatic carbocycles. The fourth-order valence-electron chi connectivity index (χ4n) is 1.34. The van der Waals surface area contributed by atoms with E-state index in [1.54, 1.807) is 20.8 Å². The Morgan fingerprint density at radius 1 is 0.800 bits per heavy atom. The molecule has 0 aliphatic heterocycles. The van der Waals surface area contributed by atoms with Gasteiger partial charge in [-0.2, -0.15) is 0 Å². The van der Waals surface area contributed by atoms with Gasteiger partial charge in [-0.05, 0) is 20.8 Å². The van der Waals surface area contributed by atoms with Crippen LogP contribution >= 0.6 is 0 Å². The average Bonchev–Trinajstić information content (AvgIpc) is 2.09. The normalized spacial score (nSPS) is 11.8. The van der Waals surface area contributed by atoms with Crippen LogP contribution < -0.4 is 17.1 Å². The lowest BCUT2D eigenvalue weighted by molar-refractivity contribution is 0.333. The first-order valence-electron chi connectivity index (χ1n) is 4.57. The number of hydrogen-bond donors (Lipinski definition) is 0. The molecule has 0 radical (unpaired) electrons. The predicted molar refractivity (Wildman–Crippen MR) is 56.2 cm³/mol. The molecule has 15 heavy (non-hydrogen) atoms. The average molecular weight is 213 g/mol. The topological polar surface area (TPSA) is 66.0 Å². The van der Waals surface area contributed by atoms with E-state index in [1.807, 2.05) is 0 Å². The molecule has 1 rings (SSSR count). The number of hydrogen-bond acceptors (Lipinski definition) is 3. The molecule has 0 saturated carbocycles. The first-order chi connectivity index (χ1) is 6.68. The summed E-state index contributed by atoms with van der Waals surface area (Å²) >= 11 is 0. The van der Waals surface area contributed by atoms with Gasteiger partial charge in [-0.3, -0.25) is 0 Å². The lowest BCUT2D eigenvalue weighted by atomic mass is 10.1. The van der Waals surface area contributed by atoms with E-state index in [2.05, 4.69) is 0 Å². The molecule has 0 bridgehead atoms. The van der Waals surface area contributed by atoms with Crippen molar-refractivity contribution in [2.75, 3.05) is 0 Å². The molecular formula is C9H15N3O3. The highest BCUT2D eigenvalue weighted by atomic mass is 16.2. The number of rotatable bonds is 0. The summed E-state index contributed by atoms with van der Waals surface area (Å²) in [4.78, 5) is 34.8. The third kappa shape index (κ3) is 1.67. The van der Waals surface area contributed by atoms with Crippen LogP contribution in [0.3, 0.4) is 0 Å². The van der Waals surface area contributed by atoms with Crippen molar-refractivity contribution in [3.8, 4) is 0 Å². The van der Waals surface area contributed by atoms with E-state index in [0.29, 0.717) is 0 Å². The molecule has 6 nitrogen and oxygen atoms in total. The third-order valence-corrected chi connectivity index (χ3v) is 2.20. The molecule has 0 spiro atoms. The zero-order valence-electron chi connectivity index (χ0n) is 9.57. The maximum atomic E-state index is 11.7. The van der Waals surface area contributed by atoms with Crippen molar-refractivity contribution in [2.45, 2.75) is 26.3 Å². The Morgan fingerprint density at radius 3 is 1.40 bits per heavy atom. The molecule has 0 atom stereocenters. The predicted octanol–water partition coefficient (Wildman–Crippen LogP) is -0.999. The molecular weight excluding hydrogens is 198 g/mol. The second-order valence-electron chi connectivity index (χ2n) is 4.47. The first kappa shape index (κ1) is 11.5. The van der Waals surface area contributed by atoms with Crippen LogP contribution in [0.5, 0.6) is 0 Å². The molecule has 0 aliphatic rings. The van der Waals surface area contributed by atoms with Crippen LogP contribution in [-0.4, -0.2) is 13.7 Å². The van der Waals surface area contributed by atoms with Crippen molar-refractivity contribution in [1.29, 1.82) is 0 Å². The number of nitrogens with zero attached hydrogens (tertiary/aromatic N) is 3. The monoisotopic (exact) mass is 213 g/mol. The lowest BCUT2D eigenvalue weighted by Gasteiger charge is -2.21. The molecule has 6 heteroatoms. The smallest absolute Gasteiger partial charge is 0.248 e. The minimum atomic E-state index is -0.641. The Balaban J connectivity index is 3.95. The Labute approximate surface area is 86.4 Å². The highest BCUT2D eigenvalue weighted by Gasteiger charge is 2.21. The second kappa shape index (κ2) is 3.22. The van der Waals surface area contributed by atoms with Crippen molar-refractivity contribution in [1.82, 2.24) is 13.7 Å². The van der Waals surface area contributed by atoms with E-state index in [9.17, 15) is 14.4 Å². The van der Waals surface area contributed by atoms with Crippen molar-refractivity contribution < 1.29 is 0 Å². The molecule has 1 aromatic heterocycles. The van der Waals surface area contributed by atoms with Crippen molar-refractivity contribution in [3.63, 3.8) is 0 Å². The van der Waals surface area contributed by atoms with E-state index < -0.39 is 22.6 Å². The Bertz CT molecular complexity index is 514. The van der Waals surface area contributed by atoms with Gasteiger partial charge in [0.15, 0.2) is 0 Å². The Hall–Kier alpha value is -1.59. The second-order valence-corrected chi connectivity index (χ2v) is 4.47. The van der Waals surface area contributed by atoms with Crippen LogP contribution in [0.25, 0.3) is 0 Å². The maximum absolute atomic E-state index is 11.7. The third-order valence-electron chi connectivity index (χ3n) is 2.20. The van der Waals surface area contributed by atoms with Crippen LogP contribution in [-0.2, 0) is 19.6 Å². The summed E-state index contributed by atoms with van der Waals surface area (Å²) in [6.45, 7) is 5.21.